The van der Waals surface area contributed by atoms with Gasteiger partial charge in [0.25, 0.3) is 0 Å². The zero-order valence-electron chi connectivity index (χ0n) is 15.0. The van der Waals surface area contributed by atoms with Gasteiger partial charge in [0, 0.05) is 0 Å². The van der Waals surface area contributed by atoms with Crippen LogP contribution in [0.2, 0.25) is 0 Å². The van der Waals surface area contributed by atoms with E-state index in [2.05, 4.69) is 0 Å². The van der Waals surface area contributed by atoms with Crippen LogP contribution in [0.3, 0.4) is 0 Å². The minimum atomic E-state index is -3.67. The van der Waals surface area contributed by atoms with Crippen molar-refractivity contribution in [3.8, 4) is 11.5 Å². The van der Waals surface area contributed by atoms with Crippen molar-refractivity contribution in [2.24, 2.45) is 23.7 Å². The standard InChI is InChI=1S/C21H19O6P/c22-20-18-13-11-16(19(18)21(23)25-20)17(12-13)28(24,26-14-7-3-1-4-8-14)27-15-9-5-2-6-10-15/h1-10,13,16-19H,11-12H2. The fourth-order valence-electron chi connectivity index (χ4n) is 5.00. The summed E-state index contributed by atoms with van der Waals surface area (Å²) in [5, 5.41) is 0. The van der Waals surface area contributed by atoms with Crippen LogP contribution in [0.15, 0.2) is 60.7 Å². The Morgan fingerprint density at radius 1 is 0.786 bits per heavy atom. The van der Waals surface area contributed by atoms with Gasteiger partial charge in [0.05, 0.1) is 17.5 Å². The van der Waals surface area contributed by atoms with E-state index in [-0.39, 0.29) is 11.8 Å². The highest BCUT2D eigenvalue weighted by atomic mass is 31.2. The number of cyclic esters (lactones) is 2. The summed E-state index contributed by atoms with van der Waals surface area (Å²) in [5.74, 6) is -1.25. The molecule has 5 unspecified atom stereocenters. The maximum Gasteiger partial charge on any atom is 0.434 e. The average Bonchev–Trinajstić information content (AvgIpc) is 3.36. The first-order chi connectivity index (χ1) is 13.5. The van der Waals surface area contributed by atoms with Crippen LogP contribution in [0, 0.1) is 23.7 Å². The van der Waals surface area contributed by atoms with Gasteiger partial charge in [-0.2, -0.15) is 0 Å². The third-order valence-corrected chi connectivity index (χ3v) is 8.41. The lowest BCUT2D eigenvalue weighted by Crippen LogP contribution is -2.35. The van der Waals surface area contributed by atoms with E-state index in [1.165, 1.54) is 0 Å². The number of ether oxygens (including phenoxy) is 1. The topological polar surface area (TPSA) is 78.9 Å². The Morgan fingerprint density at radius 3 is 1.89 bits per heavy atom. The lowest BCUT2D eigenvalue weighted by molar-refractivity contribution is -0.154. The van der Waals surface area contributed by atoms with Crippen molar-refractivity contribution in [1.29, 1.82) is 0 Å². The fourth-order valence-corrected chi connectivity index (χ4v) is 7.44. The molecule has 144 valence electrons. The molecule has 2 aliphatic carbocycles. The Kier molecular flexibility index (Phi) is 4.06. The van der Waals surface area contributed by atoms with Crippen molar-refractivity contribution in [2.45, 2.75) is 18.5 Å². The number of rotatable bonds is 5. The van der Waals surface area contributed by atoms with Gasteiger partial charge in [0.15, 0.2) is 0 Å². The summed E-state index contributed by atoms with van der Waals surface area (Å²) in [5.41, 5.74) is -0.461. The first-order valence-corrected chi connectivity index (χ1v) is 11.0. The molecule has 3 fully saturated rings. The predicted molar refractivity (Wildman–Crippen MR) is 99.8 cm³/mol. The molecule has 0 amide bonds. The van der Waals surface area contributed by atoms with E-state index in [1.54, 1.807) is 48.5 Å². The number of fused-ring (bicyclic) bond motifs is 5. The first-order valence-electron chi connectivity index (χ1n) is 9.40. The van der Waals surface area contributed by atoms with Gasteiger partial charge in [-0.1, -0.05) is 36.4 Å². The van der Waals surface area contributed by atoms with Gasteiger partial charge in [-0.25, -0.2) is 4.57 Å². The molecule has 3 aliphatic rings. The highest BCUT2D eigenvalue weighted by Crippen LogP contribution is 2.68. The molecule has 2 aromatic rings. The number of hydrogen-bond acceptors (Lipinski definition) is 6. The Hall–Kier alpha value is -2.59. The summed E-state index contributed by atoms with van der Waals surface area (Å²) in [6.45, 7) is 0. The van der Waals surface area contributed by atoms with Crippen LogP contribution >= 0.6 is 7.60 Å². The normalized spacial score (nSPS) is 30.8. The maximum absolute atomic E-state index is 14.0. The van der Waals surface area contributed by atoms with Crippen molar-refractivity contribution in [1.82, 2.24) is 0 Å². The molecule has 2 bridgehead atoms. The highest BCUT2D eigenvalue weighted by molar-refractivity contribution is 7.55. The van der Waals surface area contributed by atoms with Gasteiger partial charge in [-0.05, 0) is 48.9 Å². The van der Waals surface area contributed by atoms with Crippen LogP contribution in [0.1, 0.15) is 12.8 Å². The van der Waals surface area contributed by atoms with Crippen molar-refractivity contribution in [3.05, 3.63) is 60.7 Å². The number of carbonyl (C=O) groups excluding carboxylic acids is 2. The fraction of sp³-hybridized carbons (Fsp3) is 0.333. The monoisotopic (exact) mass is 398 g/mol. The molecule has 5 rings (SSSR count). The third-order valence-electron chi connectivity index (χ3n) is 6.07. The number of para-hydroxylation sites is 2. The molecule has 7 heteroatoms. The van der Waals surface area contributed by atoms with Gasteiger partial charge in [-0.3, -0.25) is 9.59 Å². The van der Waals surface area contributed by atoms with E-state index in [9.17, 15) is 14.2 Å². The van der Waals surface area contributed by atoms with Gasteiger partial charge < -0.3 is 13.8 Å². The molecule has 1 heterocycles. The van der Waals surface area contributed by atoms with Crippen molar-refractivity contribution >= 4 is 19.5 Å². The van der Waals surface area contributed by atoms with Gasteiger partial charge in [-0.15, -0.1) is 0 Å². The summed E-state index contributed by atoms with van der Waals surface area (Å²) in [4.78, 5) is 24.3. The van der Waals surface area contributed by atoms with E-state index in [1.807, 2.05) is 12.1 Å². The second-order valence-electron chi connectivity index (χ2n) is 7.60. The Bertz CT molecular complexity index is 914. The number of hydrogen-bond donors (Lipinski definition) is 0. The predicted octanol–water partition coefficient (Wildman–Crippen LogP) is 4.06. The average molecular weight is 398 g/mol. The van der Waals surface area contributed by atoms with Crippen LogP contribution in [0.5, 0.6) is 11.5 Å². The van der Waals surface area contributed by atoms with E-state index in [0.717, 1.165) is 0 Å². The zero-order valence-corrected chi connectivity index (χ0v) is 15.9. The molecule has 6 nitrogen and oxygen atoms in total. The van der Waals surface area contributed by atoms with Crippen molar-refractivity contribution < 1.29 is 27.9 Å². The molecule has 2 aromatic carbocycles. The Balaban J connectivity index is 1.49. The number of esters is 2. The summed E-state index contributed by atoms with van der Waals surface area (Å²) in [6, 6.07) is 17.8. The van der Waals surface area contributed by atoms with Crippen molar-refractivity contribution in [2.75, 3.05) is 0 Å². The minimum absolute atomic E-state index is 0.0222. The minimum Gasteiger partial charge on any atom is -0.416 e. The van der Waals surface area contributed by atoms with Crippen LogP contribution in [-0.4, -0.2) is 17.6 Å². The summed E-state index contributed by atoms with van der Waals surface area (Å²) < 4.78 is 30.8. The quantitative estimate of drug-likeness (QED) is 0.429. The highest BCUT2D eigenvalue weighted by Gasteiger charge is 2.67. The van der Waals surface area contributed by atoms with Gasteiger partial charge in [0.1, 0.15) is 11.5 Å². The number of benzene rings is 2. The smallest absolute Gasteiger partial charge is 0.416 e. The summed E-state index contributed by atoms with van der Waals surface area (Å²) in [6.07, 6.45) is 1.19. The molecule has 5 atom stereocenters. The van der Waals surface area contributed by atoms with Crippen molar-refractivity contribution in [3.63, 3.8) is 0 Å². The maximum atomic E-state index is 14.0. The molecule has 2 saturated carbocycles. The van der Waals surface area contributed by atoms with Crippen LogP contribution in [0.25, 0.3) is 0 Å². The van der Waals surface area contributed by atoms with E-state index in [4.69, 9.17) is 13.8 Å². The van der Waals surface area contributed by atoms with Crippen LogP contribution in [0.4, 0.5) is 0 Å². The molecule has 0 spiro atoms. The van der Waals surface area contributed by atoms with Gasteiger partial charge in [0.2, 0.25) is 0 Å². The molecular weight excluding hydrogens is 379 g/mol. The molecule has 28 heavy (non-hydrogen) atoms. The lowest BCUT2D eigenvalue weighted by atomic mass is 9.81. The Labute approximate surface area is 162 Å². The molecule has 1 aliphatic heterocycles. The van der Waals surface area contributed by atoms with Crippen LogP contribution in [-0.2, 0) is 18.9 Å². The molecular formula is C21H19O6P. The van der Waals surface area contributed by atoms with E-state index < -0.39 is 37.0 Å². The molecule has 0 radical (unpaired) electrons. The zero-order chi connectivity index (χ0) is 19.3. The Morgan fingerprint density at radius 2 is 1.32 bits per heavy atom. The molecule has 1 saturated heterocycles. The lowest BCUT2D eigenvalue weighted by Gasteiger charge is -2.32. The third kappa shape index (κ3) is 2.75. The second kappa shape index (κ2) is 6.49. The summed E-state index contributed by atoms with van der Waals surface area (Å²) >= 11 is 0. The molecule has 0 N–H and O–H groups in total. The SMILES string of the molecule is O=C1OC(=O)C2C3CC(CC3P(=O)(Oc3ccccc3)Oc3ccccc3)C12. The second-order valence-corrected chi connectivity index (χ2v) is 9.71. The van der Waals surface area contributed by atoms with Crippen LogP contribution < -0.4 is 9.05 Å². The van der Waals surface area contributed by atoms with Gasteiger partial charge >= 0.3 is 19.5 Å². The summed E-state index contributed by atoms with van der Waals surface area (Å²) in [7, 11) is -3.67. The first kappa shape index (κ1) is 17.5. The van der Waals surface area contributed by atoms with E-state index in [0.29, 0.717) is 24.3 Å². The largest absolute Gasteiger partial charge is 0.434 e. The molecule has 0 aromatic heterocycles. The van der Waals surface area contributed by atoms with E-state index >= 15 is 0 Å². The number of carbonyl (C=O) groups is 2.